The molecule has 0 bridgehead atoms. The lowest BCUT2D eigenvalue weighted by Gasteiger charge is -2.51. The normalized spacial score (nSPS) is 33.9. The molecule has 39 heavy (non-hydrogen) atoms. The number of unbranched alkanes of at least 4 members (excludes halogenated alkanes) is 2. The molecular weight excluding hydrogens is 498 g/mol. The number of imide groups is 1. The summed E-state index contributed by atoms with van der Waals surface area (Å²) in [5.41, 5.74) is 1.71. The van der Waals surface area contributed by atoms with Gasteiger partial charge in [0.25, 0.3) is 11.8 Å². The van der Waals surface area contributed by atoms with Gasteiger partial charge in [-0.3, -0.25) is 29.9 Å². The maximum absolute atomic E-state index is 14.2. The zero-order valence-corrected chi connectivity index (χ0v) is 23.4. The first-order valence-electron chi connectivity index (χ1n) is 14.4. The average molecular weight is 542 g/mol. The summed E-state index contributed by atoms with van der Waals surface area (Å²) in [6.45, 7) is 12.2. The lowest BCUT2D eigenvalue weighted by molar-refractivity contribution is -0.147. The Balaban J connectivity index is 1.60. The third kappa shape index (κ3) is 5.95. The number of ketones is 1. The van der Waals surface area contributed by atoms with Gasteiger partial charge in [0.1, 0.15) is 0 Å². The number of amides is 3. The van der Waals surface area contributed by atoms with Crippen LogP contribution in [0.2, 0.25) is 0 Å². The monoisotopic (exact) mass is 541 g/mol. The SMILES string of the molecule is C=CC(CCCCC)C1=C(C(=O)C2C(C)C=CC3(O)CC(C(=O)NN4CCOCC4)CC(C)C23)C(=O)NC1=O. The zero-order valence-electron chi connectivity index (χ0n) is 23.4. The highest BCUT2D eigenvalue weighted by Gasteiger charge is 2.56. The minimum Gasteiger partial charge on any atom is -0.385 e. The number of Topliss-reactive ketones (excluding diaryl/α,β-unsaturated/α-hetero) is 1. The summed E-state index contributed by atoms with van der Waals surface area (Å²) in [5.74, 6) is -4.17. The van der Waals surface area contributed by atoms with Crippen molar-refractivity contribution >= 4 is 23.5 Å². The highest BCUT2D eigenvalue weighted by molar-refractivity contribution is 6.33. The van der Waals surface area contributed by atoms with Gasteiger partial charge in [0.05, 0.1) is 24.4 Å². The van der Waals surface area contributed by atoms with Crippen LogP contribution < -0.4 is 10.7 Å². The number of carbonyl (C=O) groups excluding carboxylic acids is 4. The van der Waals surface area contributed by atoms with Crippen LogP contribution in [0.15, 0.2) is 36.0 Å². The second kappa shape index (κ2) is 12.3. The minimum absolute atomic E-state index is 0.0877. The summed E-state index contributed by atoms with van der Waals surface area (Å²) >= 11 is 0. The molecule has 7 atom stereocenters. The summed E-state index contributed by atoms with van der Waals surface area (Å²) in [6.07, 6.45) is 9.38. The fraction of sp³-hybridized carbons (Fsp3) is 0.667. The van der Waals surface area contributed by atoms with Gasteiger partial charge in [-0.1, -0.05) is 58.3 Å². The number of carbonyl (C=O) groups is 4. The van der Waals surface area contributed by atoms with E-state index >= 15 is 0 Å². The van der Waals surface area contributed by atoms with Crippen molar-refractivity contribution in [2.75, 3.05) is 26.3 Å². The lowest BCUT2D eigenvalue weighted by Crippen LogP contribution is -2.58. The topological polar surface area (TPSA) is 125 Å². The van der Waals surface area contributed by atoms with E-state index in [0.717, 1.165) is 19.3 Å². The van der Waals surface area contributed by atoms with Crippen molar-refractivity contribution in [3.05, 3.63) is 36.0 Å². The van der Waals surface area contributed by atoms with Gasteiger partial charge >= 0.3 is 0 Å². The third-order valence-corrected chi connectivity index (χ3v) is 9.00. The number of aliphatic hydroxyl groups is 1. The van der Waals surface area contributed by atoms with Crippen LogP contribution in [-0.2, 0) is 23.9 Å². The third-order valence-electron chi connectivity index (χ3n) is 9.00. The Kier molecular flexibility index (Phi) is 9.24. The molecule has 7 unspecified atom stereocenters. The number of ether oxygens (including phenoxy) is 1. The average Bonchev–Trinajstić information content (AvgIpc) is 3.20. The summed E-state index contributed by atoms with van der Waals surface area (Å²) in [7, 11) is 0. The van der Waals surface area contributed by atoms with Crippen molar-refractivity contribution in [2.45, 2.75) is 64.9 Å². The molecule has 0 aromatic carbocycles. The molecule has 9 nitrogen and oxygen atoms in total. The standard InChI is InChI=1S/C30H43N3O6/c1-5-7-8-9-20(6-2)23-24(29(37)31-28(23)36)26(34)22-18(3)10-11-30(38)17-21(16-19(4)25(22)30)27(35)32-33-12-14-39-15-13-33/h6,10-11,18-22,25,38H,2,5,7-9,12-17H2,1,3-4H3,(H,32,35)(H,31,36,37). The van der Waals surface area contributed by atoms with Gasteiger partial charge in [-0.05, 0) is 31.1 Å². The molecule has 2 heterocycles. The van der Waals surface area contributed by atoms with Crippen molar-refractivity contribution in [1.82, 2.24) is 15.8 Å². The Bertz CT molecular complexity index is 1060. The van der Waals surface area contributed by atoms with Crippen molar-refractivity contribution < 1.29 is 29.0 Å². The van der Waals surface area contributed by atoms with Gasteiger partial charge in [-0.15, -0.1) is 6.58 Å². The van der Waals surface area contributed by atoms with Gasteiger partial charge in [-0.2, -0.15) is 0 Å². The molecule has 214 valence electrons. The van der Waals surface area contributed by atoms with Crippen molar-refractivity contribution in [3.63, 3.8) is 0 Å². The largest absolute Gasteiger partial charge is 0.385 e. The van der Waals surface area contributed by atoms with Crippen molar-refractivity contribution in [3.8, 4) is 0 Å². The molecule has 0 aromatic rings. The molecule has 1 saturated heterocycles. The lowest BCUT2D eigenvalue weighted by atomic mass is 9.55. The number of allylic oxidation sites excluding steroid dienone is 2. The second-order valence-electron chi connectivity index (χ2n) is 11.7. The second-order valence-corrected chi connectivity index (χ2v) is 11.7. The summed E-state index contributed by atoms with van der Waals surface area (Å²) < 4.78 is 5.35. The molecule has 2 aliphatic heterocycles. The summed E-state index contributed by atoms with van der Waals surface area (Å²) in [4.78, 5) is 53.2. The Morgan fingerprint density at radius 3 is 2.64 bits per heavy atom. The van der Waals surface area contributed by atoms with Crippen LogP contribution in [0.1, 0.15) is 59.3 Å². The molecule has 0 radical (unpaired) electrons. The van der Waals surface area contributed by atoms with Crippen LogP contribution in [0, 0.1) is 35.5 Å². The molecule has 4 rings (SSSR count). The minimum atomic E-state index is -1.38. The van der Waals surface area contributed by atoms with Crippen LogP contribution in [-0.4, -0.2) is 65.5 Å². The maximum Gasteiger partial charge on any atom is 0.262 e. The summed E-state index contributed by atoms with van der Waals surface area (Å²) in [5, 5.41) is 16.1. The fourth-order valence-electron chi connectivity index (χ4n) is 7.06. The van der Waals surface area contributed by atoms with Crippen molar-refractivity contribution in [1.29, 1.82) is 0 Å². The first kappa shape index (κ1) is 29.4. The Hall–Kier alpha value is -2.62. The van der Waals surface area contributed by atoms with Gasteiger partial charge in [0, 0.05) is 42.3 Å². The van der Waals surface area contributed by atoms with E-state index < -0.39 is 46.9 Å². The Morgan fingerprint density at radius 2 is 1.97 bits per heavy atom. The van der Waals surface area contributed by atoms with Gasteiger partial charge < -0.3 is 9.84 Å². The van der Waals surface area contributed by atoms with E-state index in [2.05, 4.69) is 24.2 Å². The number of nitrogens with zero attached hydrogens (tertiary/aromatic N) is 1. The molecule has 0 aromatic heterocycles. The Morgan fingerprint density at radius 1 is 1.26 bits per heavy atom. The smallest absolute Gasteiger partial charge is 0.262 e. The summed E-state index contributed by atoms with van der Waals surface area (Å²) in [6, 6.07) is 0. The number of fused-ring (bicyclic) bond motifs is 1. The molecule has 3 N–H and O–H groups in total. The van der Waals surface area contributed by atoms with Gasteiger partial charge in [-0.25, -0.2) is 5.01 Å². The molecule has 9 heteroatoms. The fourth-order valence-corrected chi connectivity index (χ4v) is 7.06. The number of morpholine rings is 1. The predicted octanol–water partition coefficient (Wildman–Crippen LogP) is 2.47. The number of hydrazine groups is 1. The number of nitrogens with one attached hydrogen (secondary N) is 2. The van der Waals surface area contributed by atoms with Crippen LogP contribution in [0.4, 0.5) is 0 Å². The zero-order chi connectivity index (χ0) is 28.3. The molecule has 2 fully saturated rings. The van der Waals surface area contributed by atoms with Crippen LogP contribution in [0.5, 0.6) is 0 Å². The number of hydrogen-bond donors (Lipinski definition) is 3. The van der Waals surface area contributed by atoms with Crippen LogP contribution in [0.25, 0.3) is 0 Å². The van der Waals surface area contributed by atoms with Crippen LogP contribution >= 0.6 is 0 Å². The highest BCUT2D eigenvalue weighted by Crippen LogP contribution is 2.51. The van der Waals surface area contributed by atoms with Crippen molar-refractivity contribution in [2.24, 2.45) is 35.5 Å². The first-order valence-corrected chi connectivity index (χ1v) is 14.4. The highest BCUT2D eigenvalue weighted by atomic mass is 16.5. The van der Waals surface area contributed by atoms with E-state index in [-0.39, 0.29) is 35.3 Å². The molecule has 4 aliphatic rings. The van der Waals surface area contributed by atoms with E-state index in [1.807, 2.05) is 24.9 Å². The molecular formula is C30H43N3O6. The number of rotatable bonds is 10. The number of hydrogen-bond acceptors (Lipinski definition) is 7. The molecule has 3 amide bonds. The molecule has 1 saturated carbocycles. The first-order chi connectivity index (χ1) is 18.6. The van der Waals surface area contributed by atoms with E-state index in [9.17, 15) is 24.3 Å². The van der Waals surface area contributed by atoms with E-state index in [0.29, 0.717) is 39.1 Å². The molecule has 0 spiro atoms. The van der Waals surface area contributed by atoms with E-state index in [1.165, 1.54) is 0 Å². The predicted molar refractivity (Wildman–Crippen MR) is 146 cm³/mol. The maximum atomic E-state index is 14.2. The van der Waals surface area contributed by atoms with E-state index in [4.69, 9.17) is 4.74 Å². The van der Waals surface area contributed by atoms with E-state index in [1.54, 1.807) is 12.2 Å². The Labute approximate surface area is 231 Å². The van der Waals surface area contributed by atoms with Crippen LogP contribution in [0.3, 0.4) is 0 Å². The quantitative estimate of drug-likeness (QED) is 0.168. The molecule has 2 aliphatic carbocycles. The van der Waals surface area contributed by atoms with Gasteiger partial charge in [0.15, 0.2) is 5.78 Å². The van der Waals surface area contributed by atoms with Gasteiger partial charge in [0.2, 0.25) is 5.91 Å².